The first-order valence-electron chi connectivity index (χ1n) is 5.68. The lowest BCUT2D eigenvalue weighted by molar-refractivity contribution is 0.124. The maximum atomic E-state index is 2.66. The fraction of sp³-hybridized carbons (Fsp3) is 1.00. The van der Waals surface area contributed by atoms with Crippen LogP contribution < -0.4 is 0 Å². The molecule has 13 heavy (non-hydrogen) atoms. The first-order valence-corrected chi connectivity index (χ1v) is 5.68. The molecule has 78 valence electrons. The maximum absolute atomic E-state index is 2.66. The Kier molecular flexibility index (Phi) is 4.20. The lowest BCUT2D eigenvalue weighted by atomic mass is 10.1. The summed E-state index contributed by atoms with van der Waals surface area (Å²) >= 11 is 0. The SMILES string of the molecule is CC.CC1CC2CN(C)CCN2C1. The van der Waals surface area contributed by atoms with E-state index in [-0.39, 0.29) is 0 Å². The molecule has 0 spiro atoms. The molecule has 0 radical (unpaired) electrons. The van der Waals surface area contributed by atoms with Gasteiger partial charge in [-0.3, -0.25) is 4.90 Å². The zero-order valence-corrected chi connectivity index (χ0v) is 9.58. The van der Waals surface area contributed by atoms with E-state index < -0.39 is 0 Å². The summed E-state index contributed by atoms with van der Waals surface area (Å²) < 4.78 is 0. The van der Waals surface area contributed by atoms with Gasteiger partial charge in [-0.05, 0) is 19.4 Å². The maximum Gasteiger partial charge on any atom is 0.0226 e. The Morgan fingerprint density at radius 2 is 1.77 bits per heavy atom. The van der Waals surface area contributed by atoms with E-state index in [1.807, 2.05) is 13.8 Å². The lowest BCUT2D eigenvalue weighted by Crippen LogP contribution is -2.48. The van der Waals surface area contributed by atoms with Gasteiger partial charge in [-0.1, -0.05) is 20.8 Å². The molecule has 2 saturated heterocycles. The Balaban J connectivity index is 0.000000396. The van der Waals surface area contributed by atoms with Crippen LogP contribution in [-0.4, -0.2) is 49.1 Å². The van der Waals surface area contributed by atoms with Crippen LogP contribution in [0.2, 0.25) is 0 Å². The van der Waals surface area contributed by atoms with E-state index in [1.54, 1.807) is 0 Å². The molecule has 0 saturated carbocycles. The van der Waals surface area contributed by atoms with Crippen LogP contribution in [0.5, 0.6) is 0 Å². The predicted molar refractivity (Wildman–Crippen MR) is 58.0 cm³/mol. The highest BCUT2D eigenvalue weighted by Crippen LogP contribution is 2.24. The second-order valence-electron chi connectivity index (χ2n) is 4.25. The molecule has 0 aromatic heterocycles. The first kappa shape index (κ1) is 11.0. The van der Waals surface area contributed by atoms with Crippen molar-refractivity contribution in [3.05, 3.63) is 0 Å². The fourth-order valence-electron chi connectivity index (χ4n) is 2.45. The first-order chi connectivity index (χ1) is 6.25. The molecule has 0 aromatic carbocycles. The average molecular weight is 184 g/mol. The van der Waals surface area contributed by atoms with Crippen molar-refractivity contribution in [3.8, 4) is 0 Å². The quantitative estimate of drug-likeness (QED) is 0.565. The Morgan fingerprint density at radius 3 is 2.46 bits per heavy atom. The minimum atomic E-state index is 0.878. The summed E-state index contributed by atoms with van der Waals surface area (Å²) in [6.45, 7) is 11.6. The monoisotopic (exact) mass is 184 g/mol. The summed E-state index contributed by atoms with van der Waals surface area (Å²) in [5.41, 5.74) is 0. The van der Waals surface area contributed by atoms with E-state index in [0.29, 0.717) is 0 Å². The van der Waals surface area contributed by atoms with Crippen LogP contribution in [-0.2, 0) is 0 Å². The molecule has 2 aliphatic heterocycles. The molecule has 0 N–H and O–H groups in total. The van der Waals surface area contributed by atoms with Gasteiger partial charge in [0.15, 0.2) is 0 Å². The summed E-state index contributed by atoms with van der Waals surface area (Å²) in [5, 5.41) is 0. The van der Waals surface area contributed by atoms with E-state index >= 15 is 0 Å². The summed E-state index contributed by atoms with van der Waals surface area (Å²) in [6.07, 6.45) is 1.42. The summed E-state index contributed by atoms with van der Waals surface area (Å²) in [4.78, 5) is 5.11. The second-order valence-corrected chi connectivity index (χ2v) is 4.25. The average Bonchev–Trinajstić information content (AvgIpc) is 2.48. The van der Waals surface area contributed by atoms with Crippen LogP contribution in [0.4, 0.5) is 0 Å². The van der Waals surface area contributed by atoms with E-state index in [9.17, 15) is 0 Å². The number of hydrogen-bond acceptors (Lipinski definition) is 2. The Hall–Kier alpha value is -0.0800. The van der Waals surface area contributed by atoms with Crippen molar-refractivity contribution in [1.82, 2.24) is 9.80 Å². The summed E-state index contributed by atoms with van der Waals surface area (Å²) in [5.74, 6) is 0.937. The zero-order chi connectivity index (χ0) is 9.84. The number of likely N-dealkylation sites (N-methyl/N-ethyl adjacent to an activating group) is 1. The molecule has 2 fully saturated rings. The van der Waals surface area contributed by atoms with Crippen molar-refractivity contribution in [2.24, 2.45) is 5.92 Å². The smallest absolute Gasteiger partial charge is 0.0226 e. The van der Waals surface area contributed by atoms with Crippen molar-refractivity contribution in [1.29, 1.82) is 0 Å². The molecule has 0 aliphatic carbocycles. The number of piperazine rings is 1. The molecule has 0 aromatic rings. The largest absolute Gasteiger partial charge is 0.304 e. The van der Waals surface area contributed by atoms with Crippen molar-refractivity contribution >= 4 is 0 Å². The van der Waals surface area contributed by atoms with Crippen molar-refractivity contribution in [2.75, 3.05) is 33.2 Å². The molecule has 2 rings (SSSR count). The Morgan fingerprint density at radius 1 is 1.08 bits per heavy atom. The Bertz CT molecular complexity index is 147. The number of fused-ring (bicyclic) bond motifs is 1. The van der Waals surface area contributed by atoms with Gasteiger partial charge in [0.25, 0.3) is 0 Å². The third kappa shape index (κ3) is 2.68. The Labute approximate surface area is 82.9 Å². The number of nitrogens with zero attached hydrogens (tertiary/aromatic N) is 2. The van der Waals surface area contributed by atoms with Crippen LogP contribution in [0.25, 0.3) is 0 Å². The van der Waals surface area contributed by atoms with Crippen LogP contribution in [0.15, 0.2) is 0 Å². The molecule has 2 nitrogen and oxygen atoms in total. The van der Waals surface area contributed by atoms with E-state index in [4.69, 9.17) is 0 Å². The minimum absolute atomic E-state index is 0.878. The van der Waals surface area contributed by atoms with Crippen molar-refractivity contribution in [3.63, 3.8) is 0 Å². The highest BCUT2D eigenvalue weighted by Gasteiger charge is 2.32. The van der Waals surface area contributed by atoms with E-state index in [0.717, 1.165) is 12.0 Å². The second kappa shape index (κ2) is 4.97. The third-order valence-electron chi connectivity index (χ3n) is 3.03. The minimum Gasteiger partial charge on any atom is -0.304 e. The van der Waals surface area contributed by atoms with Gasteiger partial charge < -0.3 is 4.90 Å². The van der Waals surface area contributed by atoms with E-state index in [1.165, 1.54) is 32.6 Å². The normalized spacial score (nSPS) is 35.1. The van der Waals surface area contributed by atoms with Crippen molar-refractivity contribution < 1.29 is 0 Å². The zero-order valence-electron chi connectivity index (χ0n) is 9.58. The van der Waals surface area contributed by atoms with Gasteiger partial charge in [0.1, 0.15) is 0 Å². The predicted octanol–water partition coefficient (Wildman–Crippen LogP) is 1.67. The fourth-order valence-corrected chi connectivity index (χ4v) is 2.45. The van der Waals surface area contributed by atoms with Gasteiger partial charge in [0.2, 0.25) is 0 Å². The molecule has 2 atom stereocenters. The van der Waals surface area contributed by atoms with Gasteiger partial charge in [-0.15, -0.1) is 0 Å². The molecule has 0 bridgehead atoms. The molecule has 2 aliphatic rings. The van der Waals surface area contributed by atoms with Crippen LogP contribution in [0.1, 0.15) is 27.2 Å². The van der Waals surface area contributed by atoms with E-state index in [2.05, 4.69) is 23.8 Å². The van der Waals surface area contributed by atoms with Gasteiger partial charge in [0, 0.05) is 32.2 Å². The highest BCUT2D eigenvalue weighted by molar-refractivity contribution is 4.88. The van der Waals surface area contributed by atoms with Crippen LogP contribution in [0.3, 0.4) is 0 Å². The van der Waals surface area contributed by atoms with Gasteiger partial charge >= 0.3 is 0 Å². The van der Waals surface area contributed by atoms with Gasteiger partial charge in [-0.25, -0.2) is 0 Å². The molecule has 2 heteroatoms. The highest BCUT2D eigenvalue weighted by atomic mass is 15.3. The standard InChI is InChI=1S/C9H18N2.C2H6/c1-8-5-9-7-10(2)3-4-11(9)6-8;1-2/h8-9H,3-7H2,1-2H3;1-2H3. The topological polar surface area (TPSA) is 6.48 Å². The number of hydrogen-bond donors (Lipinski definition) is 0. The van der Waals surface area contributed by atoms with Gasteiger partial charge in [-0.2, -0.15) is 0 Å². The molecule has 2 heterocycles. The van der Waals surface area contributed by atoms with Gasteiger partial charge in [0.05, 0.1) is 0 Å². The molecular formula is C11H24N2. The number of rotatable bonds is 0. The van der Waals surface area contributed by atoms with Crippen LogP contribution >= 0.6 is 0 Å². The molecule has 2 unspecified atom stereocenters. The third-order valence-corrected chi connectivity index (χ3v) is 3.03. The molecule has 0 amide bonds. The summed E-state index contributed by atoms with van der Waals surface area (Å²) in [6, 6.07) is 0.878. The van der Waals surface area contributed by atoms with Crippen LogP contribution in [0, 0.1) is 5.92 Å². The van der Waals surface area contributed by atoms with Crippen molar-refractivity contribution in [2.45, 2.75) is 33.2 Å². The summed E-state index contributed by atoms with van der Waals surface area (Å²) in [7, 11) is 2.24. The lowest BCUT2D eigenvalue weighted by Gasteiger charge is -2.35. The molecular weight excluding hydrogens is 160 g/mol.